The van der Waals surface area contributed by atoms with Crippen molar-refractivity contribution in [3.8, 4) is 5.75 Å². The Morgan fingerprint density at radius 3 is 2.90 bits per heavy atom. The monoisotopic (exact) mass is 293 g/mol. The Morgan fingerprint density at radius 2 is 2.25 bits per heavy atom. The quantitative estimate of drug-likeness (QED) is 0.874. The standard InChI is InChI=1S/C15H20ClN3O/c1-4-7-20-15-6-5-13(16)8-14(15)18-11(2)12-9-17-19(3)10-12/h5-6,8-11,18H,4,7H2,1-3H3. The van der Waals surface area contributed by atoms with Crippen molar-refractivity contribution in [3.63, 3.8) is 0 Å². The van der Waals surface area contributed by atoms with Crippen LogP contribution in [-0.2, 0) is 7.05 Å². The van der Waals surface area contributed by atoms with Crippen LogP contribution in [0.5, 0.6) is 5.75 Å². The fourth-order valence-corrected chi connectivity index (χ4v) is 2.11. The smallest absolute Gasteiger partial charge is 0.142 e. The maximum absolute atomic E-state index is 6.07. The van der Waals surface area contributed by atoms with Gasteiger partial charge in [-0.1, -0.05) is 18.5 Å². The van der Waals surface area contributed by atoms with Crippen LogP contribution in [-0.4, -0.2) is 16.4 Å². The molecule has 0 aliphatic rings. The van der Waals surface area contributed by atoms with Crippen molar-refractivity contribution in [2.24, 2.45) is 7.05 Å². The summed E-state index contributed by atoms with van der Waals surface area (Å²) in [5.41, 5.74) is 2.02. The number of benzene rings is 1. The second kappa shape index (κ2) is 6.66. The number of ether oxygens (including phenoxy) is 1. The lowest BCUT2D eigenvalue weighted by Crippen LogP contribution is -2.08. The molecule has 0 radical (unpaired) electrons. The second-order valence-electron chi connectivity index (χ2n) is 4.80. The van der Waals surface area contributed by atoms with Crippen LogP contribution in [0.2, 0.25) is 5.02 Å². The molecular formula is C15H20ClN3O. The van der Waals surface area contributed by atoms with Crippen LogP contribution in [0.15, 0.2) is 30.6 Å². The summed E-state index contributed by atoms with van der Waals surface area (Å²) in [6.45, 7) is 4.86. The summed E-state index contributed by atoms with van der Waals surface area (Å²) in [6.07, 6.45) is 4.82. The van der Waals surface area contributed by atoms with Crippen molar-refractivity contribution in [1.29, 1.82) is 0 Å². The van der Waals surface area contributed by atoms with Crippen LogP contribution in [0, 0.1) is 0 Å². The molecule has 2 rings (SSSR count). The van der Waals surface area contributed by atoms with E-state index in [0.29, 0.717) is 11.6 Å². The van der Waals surface area contributed by atoms with Gasteiger partial charge in [0.05, 0.1) is 24.5 Å². The van der Waals surface area contributed by atoms with Gasteiger partial charge in [0.1, 0.15) is 5.75 Å². The molecule has 1 atom stereocenters. The zero-order valence-electron chi connectivity index (χ0n) is 12.1. The Kier molecular flexibility index (Phi) is 4.90. The first-order chi connectivity index (χ1) is 9.60. The average molecular weight is 294 g/mol. The third-order valence-corrected chi connectivity index (χ3v) is 3.24. The number of anilines is 1. The van der Waals surface area contributed by atoms with Gasteiger partial charge in [0.25, 0.3) is 0 Å². The van der Waals surface area contributed by atoms with Crippen LogP contribution < -0.4 is 10.1 Å². The molecule has 4 nitrogen and oxygen atoms in total. The normalized spacial score (nSPS) is 12.2. The topological polar surface area (TPSA) is 39.1 Å². The van der Waals surface area contributed by atoms with Crippen LogP contribution in [0.3, 0.4) is 0 Å². The highest BCUT2D eigenvalue weighted by Crippen LogP contribution is 2.31. The highest BCUT2D eigenvalue weighted by molar-refractivity contribution is 6.30. The molecule has 0 saturated carbocycles. The summed E-state index contributed by atoms with van der Waals surface area (Å²) in [4.78, 5) is 0. The Labute approximate surface area is 124 Å². The molecule has 0 amide bonds. The summed E-state index contributed by atoms with van der Waals surface area (Å²) in [5, 5.41) is 8.30. The highest BCUT2D eigenvalue weighted by Gasteiger charge is 2.11. The van der Waals surface area contributed by atoms with Crippen molar-refractivity contribution >= 4 is 17.3 Å². The summed E-state index contributed by atoms with van der Waals surface area (Å²) < 4.78 is 7.53. The zero-order chi connectivity index (χ0) is 14.5. The van der Waals surface area contributed by atoms with Gasteiger partial charge in [-0.05, 0) is 31.5 Å². The van der Waals surface area contributed by atoms with E-state index in [9.17, 15) is 0 Å². The molecular weight excluding hydrogens is 274 g/mol. The van der Waals surface area contributed by atoms with Gasteiger partial charge in [-0.2, -0.15) is 5.10 Å². The van der Waals surface area contributed by atoms with Crippen molar-refractivity contribution in [1.82, 2.24) is 9.78 Å². The molecule has 0 fully saturated rings. The lowest BCUT2D eigenvalue weighted by Gasteiger charge is -2.17. The molecule has 1 aromatic heterocycles. The van der Waals surface area contributed by atoms with Gasteiger partial charge in [0, 0.05) is 23.8 Å². The maximum atomic E-state index is 6.07. The first-order valence-corrected chi connectivity index (χ1v) is 7.15. The Morgan fingerprint density at radius 1 is 1.45 bits per heavy atom. The van der Waals surface area contributed by atoms with Gasteiger partial charge in [-0.15, -0.1) is 0 Å². The fraction of sp³-hybridized carbons (Fsp3) is 0.400. The molecule has 108 valence electrons. The number of rotatable bonds is 6. The Hall–Kier alpha value is -1.68. The first-order valence-electron chi connectivity index (χ1n) is 6.77. The van der Waals surface area contributed by atoms with E-state index in [1.165, 1.54) is 0 Å². The van der Waals surface area contributed by atoms with E-state index in [2.05, 4.69) is 24.3 Å². The highest BCUT2D eigenvalue weighted by atomic mass is 35.5. The molecule has 0 spiro atoms. The van der Waals surface area contributed by atoms with Crippen LogP contribution in [0.1, 0.15) is 31.9 Å². The average Bonchev–Trinajstić information content (AvgIpc) is 2.85. The van der Waals surface area contributed by atoms with Crippen molar-refractivity contribution in [2.75, 3.05) is 11.9 Å². The van der Waals surface area contributed by atoms with Gasteiger partial charge in [0.2, 0.25) is 0 Å². The van der Waals surface area contributed by atoms with Crippen molar-refractivity contribution in [2.45, 2.75) is 26.3 Å². The summed E-state index contributed by atoms with van der Waals surface area (Å²) in [6, 6.07) is 5.76. The number of nitrogens with one attached hydrogen (secondary N) is 1. The number of halogens is 1. The van der Waals surface area contributed by atoms with Gasteiger partial charge in [0.15, 0.2) is 0 Å². The third-order valence-electron chi connectivity index (χ3n) is 3.00. The number of nitrogens with zero attached hydrogens (tertiary/aromatic N) is 2. The van der Waals surface area contributed by atoms with Crippen LogP contribution in [0.25, 0.3) is 0 Å². The van der Waals surface area contributed by atoms with Gasteiger partial charge < -0.3 is 10.1 Å². The third kappa shape index (κ3) is 3.67. The number of aryl methyl sites for hydroxylation is 1. The van der Waals surface area contributed by atoms with E-state index in [4.69, 9.17) is 16.3 Å². The van der Waals surface area contributed by atoms with Crippen molar-refractivity contribution < 1.29 is 4.74 Å². The second-order valence-corrected chi connectivity index (χ2v) is 5.24. The lowest BCUT2D eigenvalue weighted by atomic mass is 10.1. The largest absolute Gasteiger partial charge is 0.491 e. The number of hydrogen-bond donors (Lipinski definition) is 1. The zero-order valence-corrected chi connectivity index (χ0v) is 12.8. The molecule has 1 N–H and O–H groups in total. The first kappa shape index (κ1) is 14.7. The molecule has 1 unspecified atom stereocenters. The Balaban J connectivity index is 2.16. The van der Waals surface area contributed by atoms with E-state index in [1.807, 2.05) is 37.6 Å². The van der Waals surface area contributed by atoms with E-state index < -0.39 is 0 Å². The van der Waals surface area contributed by atoms with Gasteiger partial charge in [-0.25, -0.2) is 0 Å². The molecule has 0 aliphatic carbocycles. The minimum Gasteiger partial charge on any atom is -0.491 e. The summed E-state index contributed by atoms with van der Waals surface area (Å²) >= 11 is 6.07. The predicted octanol–water partition coefficient (Wildman–Crippen LogP) is 4.04. The molecule has 0 bridgehead atoms. The van der Waals surface area contributed by atoms with E-state index in [-0.39, 0.29) is 6.04 Å². The van der Waals surface area contributed by atoms with Crippen LogP contribution in [0.4, 0.5) is 5.69 Å². The summed E-state index contributed by atoms with van der Waals surface area (Å²) in [5.74, 6) is 0.826. The van der Waals surface area contributed by atoms with Crippen molar-refractivity contribution in [3.05, 3.63) is 41.2 Å². The van der Waals surface area contributed by atoms with Gasteiger partial charge >= 0.3 is 0 Å². The van der Waals surface area contributed by atoms with Crippen LogP contribution >= 0.6 is 11.6 Å². The molecule has 0 aliphatic heterocycles. The minimum absolute atomic E-state index is 0.131. The molecule has 1 heterocycles. The Bertz CT molecular complexity index is 568. The van der Waals surface area contributed by atoms with E-state index in [0.717, 1.165) is 23.4 Å². The van der Waals surface area contributed by atoms with E-state index >= 15 is 0 Å². The molecule has 5 heteroatoms. The number of aromatic nitrogens is 2. The summed E-state index contributed by atoms with van der Waals surface area (Å²) in [7, 11) is 1.91. The van der Waals surface area contributed by atoms with E-state index in [1.54, 1.807) is 4.68 Å². The predicted molar refractivity (Wildman–Crippen MR) is 82.5 cm³/mol. The fourth-order valence-electron chi connectivity index (χ4n) is 1.93. The SMILES string of the molecule is CCCOc1ccc(Cl)cc1NC(C)c1cnn(C)c1. The molecule has 1 aromatic carbocycles. The van der Waals surface area contributed by atoms with Gasteiger partial charge in [-0.3, -0.25) is 4.68 Å². The number of hydrogen-bond acceptors (Lipinski definition) is 3. The minimum atomic E-state index is 0.131. The molecule has 2 aromatic rings. The molecule has 20 heavy (non-hydrogen) atoms. The molecule has 0 saturated heterocycles. The lowest BCUT2D eigenvalue weighted by molar-refractivity contribution is 0.318. The maximum Gasteiger partial charge on any atom is 0.142 e.